The van der Waals surface area contributed by atoms with Gasteiger partial charge < -0.3 is 0 Å². The molecular weight excluding hydrogens is 236 g/mol. The average Bonchev–Trinajstić information content (AvgIpc) is 2.89. The number of hydrogen-bond donors (Lipinski definition) is 0. The topological polar surface area (TPSA) is 34.1 Å². The highest BCUT2D eigenvalue weighted by Crippen LogP contribution is 2.44. The molecule has 0 amide bonds. The van der Waals surface area contributed by atoms with Crippen molar-refractivity contribution in [3.05, 3.63) is 35.9 Å². The van der Waals surface area contributed by atoms with E-state index in [9.17, 15) is 9.59 Å². The molecule has 19 heavy (non-hydrogen) atoms. The minimum Gasteiger partial charge on any atom is -0.300 e. The van der Waals surface area contributed by atoms with E-state index in [1.807, 2.05) is 44.2 Å². The van der Waals surface area contributed by atoms with Crippen molar-refractivity contribution in [2.45, 2.75) is 40.0 Å². The smallest absolute Gasteiger partial charge is 0.168 e. The molecule has 2 rings (SSSR count). The number of rotatable bonds is 4. The van der Waals surface area contributed by atoms with Gasteiger partial charge in [0.05, 0.1) is 0 Å². The highest BCUT2D eigenvalue weighted by molar-refractivity contribution is 6.00. The third-order valence-corrected chi connectivity index (χ3v) is 4.65. The highest BCUT2D eigenvalue weighted by Gasteiger charge is 2.42. The van der Waals surface area contributed by atoms with Crippen molar-refractivity contribution in [3.8, 4) is 0 Å². The molecule has 0 saturated heterocycles. The summed E-state index contributed by atoms with van der Waals surface area (Å²) in [5.41, 5.74) is 0.393. The van der Waals surface area contributed by atoms with Gasteiger partial charge in [0.2, 0.25) is 0 Å². The molecule has 0 spiro atoms. The first-order chi connectivity index (χ1) is 8.93. The molecule has 2 atom stereocenters. The van der Waals surface area contributed by atoms with E-state index in [2.05, 4.69) is 0 Å². The van der Waals surface area contributed by atoms with Crippen LogP contribution in [0.25, 0.3) is 0 Å². The number of Topliss-reactive ketones (excluding diaryl/α,β-unsaturated/α-hetero) is 2. The molecule has 1 aromatic rings. The van der Waals surface area contributed by atoms with E-state index in [0.717, 1.165) is 24.8 Å². The van der Waals surface area contributed by atoms with Crippen LogP contribution >= 0.6 is 0 Å². The van der Waals surface area contributed by atoms with Crippen molar-refractivity contribution in [1.82, 2.24) is 0 Å². The average molecular weight is 258 g/mol. The summed E-state index contributed by atoms with van der Waals surface area (Å²) in [4.78, 5) is 24.1. The van der Waals surface area contributed by atoms with Crippen LogP contribution in [0.3, 0.4) is 0 Å². The molecule has 0 bridgehead atoms. The van der Waals surface area contributed by atoms with E-state index in [1.165, 1.54) is 0 Å². The van der Waals surface area contributed by atoms with Gasteiger partial charge in [0.25, 0.3) is 0 Å². The third-order valence-electron chi connectivity index (χ3n) is 4.65. The molecule has 2 nitrogen and oxygen atoms in total. The van der Waals surface area contributed by atoms with E-state index in [0.29, 0.717) is 5.92 Å². The van der Waals surface area contributed by atoms with Gasteiger partial charge in [-0.05, 0) is 32.1 Å². The fourth-order valence-electron chi connectivity index (χ4n) is 3.15. The second-order valence-electron chi connectivity index (χ2n) is 6.23. The fraction of sp³-hybridized carbons (Fsp3) is 0.529. The Hall–Kier alpha value is -1.44. The molecule has 0 aromatic heterocycles. The van der Waals surface area contributed by atoms with Gasteiger partial charge in [-0.25, -0.2) is 0 Å². The molecule has 2 unspecified atom stereocenters. The molecule has 0 heterocycles. The van der Waals surface area contributed by atoms with Gasteiger partial charge in [0, 0.05) is 16.9 Å². The van der Waals surface area contributed by atoms with Crippen molar-refractivity contribution >= 4 is 11.6 Å². The zero-order valence-corrected chi connectivity index (χ0v) is 12.0. The van der Waals surface area contributed by atoms with Crippen LogP contribution in [0.4, 0.5) is 0 Å². The molecule has 102 valence electrons. The third kappa shape index (κ3) is 2.78. The zero-order chi connectivity index (χ0) is 14.0. The largest absolute Gasteiger partial charge is 0.300 e. The first-order valence-corrected chi connectivity index (χ1v) is 7.03. The van der Waals surface area contributed by atoms with Crippen LogP contribution in [0.2, 0.25) is 0 Å². The van der Waals surface area contributed by atoms with E-state index in [4.69, 9.17) is 0 Å². The molecule has 0 N–H and O–H groups in total. The number of carbonyl (C=O) groups excluding carboxylic acids is 2. The summed E-state index contributed by atoms with van der Waals surface area (Å²) < 4.78 is 0. The molecule has 1 aliphatic carbocycles. The number of carbonyl (C=O) groups is 2. The van der Waals surface area contributed by atoms with Crippen molar-refractivity contribution in [2.24, 2.45) is 17.3 Å². The first kappa shape index (κ1) is 14.0. The van der Waals surface area contributed by atoms with Crippen molar-refractivity contribution < 1.29 is 9.59 Å². The van der Waals surface area contributed by atoms with Crippen LogP contribution in [-0.4, -0.2) is 11.6 Å². The van der Waals surface area contributed by atoms with Crippen LogP contribution in [0, 0.1) is 17.3 Å². The Morgan fingerprint density at radius 2 is 1.74 bits per heavy atom. The predicted octanol–water partition coefficient (Wildman–Crippen LogP) is 3.90. The molecule has 1 fully saturated rings. The summed E-state index contributed by atoms with van der Waals surface area (Å²) >= 11 is 0. The first-order valence-electron chi connectivity index (χ1n) is 7.03. The van der Waals surface area contributed by atoms with Gasteiger partial charge in [-0.3, -0.25) is 9.59 Å². The lowest BCUT2D eigenvalue weighted by Crippen LogP contribution is -2.32. The Labute approximate surface area is 115 Å². The Balaban J connectivity index is 2.15. The maximum Gasteiger partial charge on any atom is 0.168 e. The maximum atomic E-state index is 12.6. The predicted molar refractivity (Wildman–Crippen MR) is 76.1 cm³/mol. The summed E-state index contributed by atoms with van der Waals surface area (Å²) in [7, 11) is 0. The second kappa shape index (κ2) is 5.28. The highest BCUT2D eigenvalue weighted by atomic mass is 16.1. The summed E-state index contributed by atoms with van der Waals surface area (Å²) in [6, 6.07) is 9.47. The molecular formula is C17H22O2. The molecule has 0 aliphatic heterocycles. The maximum absolute atomic E-state index is 12.6. The molecule has 2 heteroatoms. The van der Waals surface area contributed by atoms with E-state index in [1.54, 1.807) is 6.92 Å². The summed E-state index contributed by atoms with van der Waals surface area (Å²) in [5.74, 6) is 0.940. The van der Waals surface area contributed by atoms with Crippen LogP contribution in [0.15, 0.2) is 30.3 Å². The van der Waals surface area contributed by atoms with E-state index < -0.39 is 0 Å². The zero-order valence-electron chi connectivity index (χ0n) is 12.0. The quantitative estimate of drug-likeness (QED) is 0.767. The van der Waals surface area contributed by atoms with Gasteiger partial charge in [0.15, 0.2) is 5.78 Å². The Morgan fingerprint density at radius 1 is 1.11 bits per heavy atom. The lowest BCUT2D eigenvalue weighted by molar-refractivity contribution is -0.120. The fourth-order valence-corrected chi connectivity index (χ4v) is 3.15. The second-order valence-corrected chi connectivity index (χ2v) is 6.23. The normalized spacial score (nSPS) is 23.3. The minimum atomic E-state index is -0.383. The van der Waals surface area contributed by atoms with Crippen molar-refractivity contribution in [3.63, 3.8) is 0 Å². The molecule has 1 aliphatic rings. The SMILES string of the molecule is CC(=O)C1CCC(C(C)(C)C(=O)c2ccccc2)C1. The lowest BCUT2D eigenvalue weighted by Gasteiger charge is -2.30. The number of ketones is 2. The molecule has 0 radical (unpaired) electrons. The van der Waals surface area contributed by atoms with Crippen molar-refractivity contribution in [1.29, 1.82) is 0 Å². The van der Waals surface area contributed by atoms with Gasteiger partial charge in [-0.2, -0.15) is 0 Å². The van der Waals surface area contributed by atoms with Crippen LogP contribution < -0.4 is 0 Å². The standard InChI is InChI=1S/C17H22O2/c1-12(18)14-9-10-15(11-14)17(2,3)16(19)13-7-5-4-6-8-13/h4-8,14-15H,9-11H2,1-3H3. The van der Waals surface area contributed by atoms with Gasteiger partial charge >= 0.3 is 0 Å². The number of benzene rings is 1. The molecule has 1 saturated carbocycles. The van der Waals surface area contributed by atoms with Gasteiger partial charge in [-0.15, -0.1) is 0 Å². The lowest BCUT2D eigenvalue weighted by atomic mass is 9.72. The van der Waals surface area contributed by atoms with Gasteiger partial charge in [0.1, 0.15) is 5.78 Å². The Kier molecular flexibility index (Phi) is 3.88. The van der Waals surface area contributed by atoms with Gasteiger partial charge in [-0.1, -0.05) is 44.2 Å². The Morgan fingerprint density at radius 3 is 2.26 bits per heavy atom. The molecule has 1 aromatic carbocycles. The summed E-state index contributed by atoms with van der Waals surface area (Å²) in [6.45, 7) is 5.71. The Bertz CT molecular complexity index is 473. The summed E-state index contributed by atoms with van der Waals surface area (Å²) in [6.07, 6.45) is 2.78. The van der Waals surface area contributed by atoms with Crippen LogP contribution in [0.1, 0.15) is 50.4 Å². The monoisotopic (exact) mass is 258 g/mol. The van der Waals surface area contributed by atoms with E-state index in [-0.39, 0.29) is 22.9 Å². The number of hydrogen-bond acceptors (Lipinski definition) is 2. The minimum absolute atomic E-state index is 0.160. The van der Waals surface area contributed by atoms with Crippen LogP contribution in [-0.2, 0) is 4.79 Å². The van der Waals surface area contributed by atoms with Crippen molar-refractivity contribution in [2.75, 3.05) is 0 Å². The van der Waals surface area contributed by atoms with E-state index >= 15 is 0 Å². The summed E-state index contributed by atoms with van der Waals surface area (Å²) in [5, 5.41) is 0. The van der Waals surface area contributed by atoms with Crippen LogP contribution in [0.5, 0.6) is 0 Å².